The Bertz CT molecular complexity index is 1080. The van der Waals surface area contributed by atoms with E-state index in [1.807, 2.05) is 11.0 Å². The number of nitrogens with one attached hydrogen (secondary N) is 1. The van der Waals surface area contributed by atoms with Crippen molar-refractivity contribution in [2.45, 2.75) is 48.9 Å². The number of rotatable bonds is 6. The van der Waals surface area contributed by atoms with Gasteiger partial charge < -0.3 is 9.80 Å². The molecule has 0 aromatic carbocycles. The second-order valence-corrected chi connectivity index (χ2v) is 12.5. The maximum absolute atomic E-state index is 12.9. The second-order valence-electron chi connectivity index (χ2n) is 7.78. The highest BCUT2D eigenvalue weighted by Crippen LogP contribution is 2.37. The fraction of sp³-hybridized carbons (Fsp3) is 0.500. The zero-order valence-corrected chi connectivity index (χ0v) is 20.2. The van der Waals surface area contributed by atoms with Crippen LogP contribution in [0.3, 0.4) is 0 Å². The third kappa shape index (κ3) is 4.83. The minimum Gasteiger partial charge on any atom is -0.341 e. The van der Waals surface area contributed by atoms with Gasteiger partial charge in [0.25, 0.3) is 10.0 Å². The van der Waals surface area contributed by atoms with Gasteiger partial charge in [0, 0.05) is 29.4 Å². The molecule has 0 radical (unpaired) electrons. The number of hydrogen-bond donors (Lipinski definition) is 1. The quantitative estimate of drug-likeness (QED) is 0.657. The smallest absolute Gasteiger partial charge is 0.250 e. The van der Waals surface area contributed by atoms with Gasteiger partial charge in [0.15, 0.2) is 0 Å². The van der Waals surface area contributed by atoms with E-state index in [1.165, 1.54) is 22.3 Å². The standard InChI is InChI=1S/C20H24ClN3O4S3/c1-13(19(25)23-10-3-2-4-11-23)24-12-9-14(20(24)26)22-31(27,28)18-8-6-16(30-18)15-5-7-17(21)29-15/h5-8,13-14,22H,2-4,9-12H2,1H3/t13-,14-/m1/s1. The molecule has 4 heterocycles. The summed E-state index contributed by atoms with van der Waals surface area (Å²) < 4.78 is 29.1. The monoisotopic (exact) mass is 501 g/mol. The molecular weight excluding hydrogens is 478 g/mol. The van der Waals surface area contributed by atoms with Gasteiger partial charge in [-0.1, -0.05) is 11.6 Å². The van der Waals surface area contributed by atoms with E-state index in [2.05, 4.69) is 4.72 Å². The van der Waals surface area contributed by atoms with Crippen LogP contribution >= 0.6 is 34.3 Å². The molecule has 31 heavy (non-hydrogen) atoms. The Labute approximate surface area is 195 Å². The van der Waals surface area contributed by atoms with Gasteiger partial charge in [-0.3, -0.25) is 9.59 Å². The highest BCUT2D eigenvalue weighted by atomic mass is 35.5. The first-order valence-electron chi connectivity index (χ1n) is 10.2. The Balaban J connectivity index is 1.42. The molecule has 0 spiro atoms. The molecule has 0 aliphatic carbocycles. The van der Waals surface area contributed by atoms with Crippen molar-refractivity contribution >= 4 is 56.1 Å². The minimum atomic E-state index is -3.85. The van der Waals surface area contributed by atoms with Crippen LogP contribution in [0.1, 0.15) is 32.6 Å². The first-order chi connectivity index (χ1) is 14.8. The number of nitrogens with zero attached hydrogens (tertiary/aromatic N) is 2. The van der Waals surface area contributed by atoms with Crippen LogP contribution in [0, 0.1) is 0 Å². The van der Waals surface area contributed by atoms with Crippen LogP contribution < -0.4 is 4.72 Å². The summed E-state index contributed by atoms with van der Waals surface area (Å²) in [5.74, 6) is -0.405. The minimum absolute atomic E-state index is 0.0611. The van der Waals surface area contributed by atoms with Gasteiger partial charge in [-0.15, -0.1) is 22.7 Å². The van der Waals surface area contributed by atoms with Crippen molar-refractivity contribution < 1.29 is 18.0 Å². The molecule has 0 bridgehead atoms. The average Bonchev–Trinajstić information content (AvgIpc) is 3.49. The average molecular weight is 502 g/mol. The normalized spacial score (nSPS) is 21.0. The summed E-state index contributed by atoms with van der Waals surface area (Å²) in [4.78, 5) is 30.7. The molecular formula is C20H24ClN3O4S3. The van der Waals surface area contributed by atoms with Crippen molar-refractivity contribution in [1.82, 2.24) is 14.5 Å². The number of carbonyl (C=O) groups is 2. The van der Waals surface area contributed by atoms with Crippen molar-refractivity contribution in [3.8, 4) is 9.75 Å². The second kappa shape index (κ2) is 9.19. The third-order valence-electron chi connectivity index (χ3n) is 5.69. The van der Waals surface area contributed by atoms with Crippen molar-refractivity contribution in [3.05, 3.63) is 28.6 Å². The molecule has 2 aromatic heterocycles. The van der Waals surface area contributed by atoms with E-state index in [-0.39, 0.29) is 16.0 Å². The maximum Gasteiger partial charge on any atom is 0.250 e. The van der Waals surface area contributed by atoms with Crippen LogP contribution in [0.4, 0.5) is 0 Å². The molecule has 2 saturated heterocycles. The number of likely N-dealkylation sites (tertiary alicyclic amines) is 2. The van der Waals surface area contributed by atoms with Gasteiger partial charge in [-0.2, -0.15) is 4.72 Å². The molecule has 2 aliphatic heterocycles. The highest BCUT2D eigenvalue weighted by molar-refractivity contribution is 7.91. The van der Waals surface area contributed by atoms with Crippen molar-refractivity contribution in [2.24, 2.45) is 0 Å². The van der Waals surface area contributed by atoms with Crippen molar-refractivity contribution in [1.29, 1.82) is 0 Å². The number of sulfonamides is 1. The fourth-order valence-electron chi connectivity index (χ4n) is 4.00. The van der Waals surface area contributed by atoms with E-state index in [0.717, 1.165) is 53.4 Å². The van der Waals surface area contributed by atoms with Crippen LogP contribution in [0.15, 0.2) is 28.5 Å². The Morgan fingerprint density at radius 2 is 1.77 bits per heavy atom. The number of hydrogen-bond acceptors (Lipinski definition) is 6. The van der Waals surface area contributed by atoms with E-state index < -0.39 is 22.1 Å². The molecule has 168 valence electrons. The van der Waals surface area contributed by atoms with E-state index in [4.69, 9.17) is 11.6 Å². The molecule has 2 aromatic rings. The first-order valence-corrected chi connectivity index (χ1v) is 13.7. The van der Waals surface area contributed by atoms with Gasteiger partial charge in [-0.05, 0) is 56.9 Å². The van der Waals surface area contributed by atoms with Crippen LogP contribution in [-0.4, -0.2) is 61.7 Å². The zero-order chi connectivity index (χ0) is 22.2. The molecule has 2 atom stereocenters. The van der Waals surface area contributed by atoms with Gasteiger partial charge in [0.05, 0.1) is 4.34 Å². The summed E-state index contributed by atoms with van der Waals surface area (Å²) in [5.41, 5.74) is 0. The summed E-state index contributed by atoms with van der Waals surface area (Å²) in [6.45, 7) is 3.52. The lowest BCUT2D eigenvalue weighted by atomic mass is 10.1. The topological polar surface area (TPSA) is 86.8 Å². The first kappa shape index (κ1) is 22.7. The number of thiophene rings is 2. The predicted molar refractivity (Wildman–Crippen MR) is 123 cm³/mol. The summed E-state index contributed by atoms with van der Waals surface area (Å²) in [5, 5.41) is 0. The molecule has 4 rings (SSSR count). The van der Waals surface area contributed by atoms with Crippen molar-refractivity contribution in [3.63, 3.8) is 0 Å². The molecule has 2 amide bonds. The van der Waals surface area contributed by atoms with E-state index in [9.17, 15) is 18.0 Å². The largest absolute Gasteiger partial charge is 0.341 e. The number of halogens is 1. The SMILES string of the molecule is C[C@H](C(=O)N1CCCCC1)N1CC[C@@H](NS(=O)(=O)c2ccc(-c3ccc(Cl)s3)s2)C1=O. The van der Waals surface area contributed by atoms with Gasteiger partial charge in [0.1, 0.15) is 16.3 Å². The highest BCUT2D eigenvalue weighted by Gasteiger charge is 2.40. The van der Waals surface area contributed by atoms with Crippen LogP contribution in [-0.2, 0) is 19.6 Å². The van der Waals surface area contributed by atoms with E-state index in [0.29, 0.717) is 17.3 Å². The number of piperidine rings is 1. The predicted octanol–water partition coefficient (Wildman–Crippen LogP) is 3.41. The summed E-state index contributed by atoms with van der Waals surface area (Å²) >= 11 is 8.49. The third-order valence-corrected chi connectivity index (χ3v) is 10.2. The number of amides is 2. The van der Waals surface area contributed by atoms with Crippen LogP contribution in [0.5, 0.6) is 0 Å². The lowest BCUT2D eigenvalue weighted by Crippen LogP contribution is -2.51. The summed E-state index contributed by atoms with van der Waals surface area (Å²) in [6, 6.07) is 5.45. The van der Waals surface area contributed by atoms with Gasteiger partial charge in [0.2, 0.25) is 11.8 Å². The van der Waals surface area contributed by atoms with E-state index in [1.54, 1.807) is 19.1 Å². The fourth-order valence-corrected chi connectivity index (χ4v) is 7.68. The molecule has 1 N–H and O–H groups in total. The molecule has 7 nitrogen and oxygen atoms in total. The Hall–Kier alpha value is -1.46. The molecule has 0 unspecified atom stereocenters. The zero-order valence-electron chi connectivity index (χ0n) is 17.0. The van der Waals surface area contributed by atoms with Gasteiger partial charge in [-0.25, -0.2) is 8.42 Å². The Morgan fingerprint density at radius 1 is 1.10 bits per heavy atom. The molecule has 2 aliphatic rings. The Morgan fingerprint density at radius 3 is 2.45 bits per heavy atom. The van der Waals surface area contributed by atoms with Crippen LogP contribution in [0.25, 0.3) is 9.75 Å². The number of carbonyl (C=O) groups excluding carboxylic acids is 2. The maximum atomic E-state index is 12.9. The molecule has 0 saturated carbocycles. The summed E-state index contributed by atoms with van der Waals surface area (Å²) in [6.07, 6.45) is 3.42. The molecule has 11 heteroatoms. The van der Waals surface area contributed by atoms with Crippen LogP contribution in [0.2, 0.25) is 4.34 Å². The molecule has 2 fully saturated rings. The lowest BCUT2D eigenvalue weighted by molar-refractivity contribution is -0.143. The van der Waals surface area contributed by atoms with E-state index >= 15 is 0 Å². The lowest BCUT2D eigenvalue weighted by Gasteiger charge is -2.32. The summed E-state index contributed by atoms with van der Waals surface area (Å²) in [7, 11) is -3.85. The Kier molecular flexibility index (Phi) is 6.73. The van der Waals surface area contributed by atoms with Gasteiger partial charge >= 0.3 is 0 Å². The van der Waals surface area contributed by atoms with Crippen molar-refractivity contribution in [2.75, 3.05) is 19.6 Å².